The van der Waals surface area contributed by atoms with Crippen molar-refractivity contribution in [2.75, 3.05) is 46.2 Å². The first-order chi connectivity index (χ1) is 8.32. The number of aryl methyl sites for hydroxylation is 2. The van der Waals surface area contributed by atoms with E-state index in [-0.39, 0.29) is 6.03 Å². The van der Waals surface area contributed by atoms with Crippen molar-refractivity contribution in [2.45, 2.75) is 13.8 Å². The SMILES string of the molecule is Cc1nc(N(CCN(C)C)C(=O)N(C)C)sc1C. The molecule has 1 heterocycles. The van der Waals surface area contributed by atoms with E-state index in [4.69, 9.17) is 0 Å². The van der Waals surface area contributed by atoms with Crippen LogP contribution < -0.4 is 4.90 Å². The summed E-state index contributed by atoms with van der Waals surface area (Å²) in [7, 11) is 7.52. The third-order valence-corrected chi connectivity index (χ3v) is 3.73. The average molecular weight is 270 g/mol. The van der Waals surface area contributed by atoms with Gasteiger partial charge in [-0.2, -0.15) is 0 Å². The van der Waals surface area contributed by atoms with Crippen molar-refractivity contribution in [3.8, 4) is 0 Å². The summed E-state index contributed by atoms with van der Waals surface area (Å²) < 4.78 is 0. The first-order valence-corrected chi connectivity index (χ1v) is 6.72. The molecular formula is C12H22N4OS. The van der Waals surface area contributed by atoms with Crippen molar-refractivity contribution in [3.05, 3.63) is 10.6 Å². The Kier molecular flexibility index (Phi) is 5.10. The van der Waals surface area contributed by atoms with Crippen LogP contribution in [0.3, 0.4) is 0 Å². The molecule has 0 saturated heterocycles. The number of hydrogen-bond acceptors (Lipinski definition) is 4. The first-order valence-electron chi connectivity index (χ1n) is 5.90. The normalized spacial score (nSPS) is 10.8. The summed E-state index contributed by atoms with van der Waals surface area (Å²) in [5, 5.41) is 0.783. The number of carbonyl (C=O) groups excluding carboxylic acids is 1. The molecule has 0 fully saturated rings. The Morgan fingerprint density at radius 2 is 1.78 bits per heavy atom. The molecule has 0 aliphatic rings. The molecule has 0 aliphatic carbocycles. The summed E-state index contributed by atoms with van der Waals surface area (Å²) in [4.78, 5) is 23.2. The maximum Gasteiger partial charge on any atom is 0.325 e. The molecule has 18 heavy (non-hydrogen) atoms. The Labute approximate surface area is 113 Å². The van der Waals surface area contributed by atoms with E-state index >= 15 is 0 Å². The highest BCUT2D eigenvalue weighted by atomic mass is 32.1. The second kappa shape index (κ2) is 6.15. The van der Waals surface area contributed by atoms with Crippen LogP contribution in [0, 0.1) is 13.8 Å². The molecule has 102 valence electrons. The molecule has 1 rings (SSSR count). The average Bonchev–Trinajstić information content (AvgIpc) is 2.58. The number of nitrogens with zero attached hydrogens (tertiary/aromatic N) is 4. The molecule has 0 bridgehead atoms. The van der Waals surface area contributed by atoms with Gasteiger partial charge in [-0.25, -0.2) is 9.78 Å². The zero-order valence-electron chi connectivity index (χ0n) is 12.0. The van der Waals surface area contributed by atoms with Crippen molar-refractivity contribution in [3.63, 3.8) is 0 Å². The number of anilines is 1. The van der Waals surface area contributed by atoms with E-state index in [2.05, 4.69) is 9.88 Å². The van der Waals surface area contributed by atoms with Gasteiger partial charge < -0.3 is 9.80 Å². The minimum absolute atomic E-state index is 0.0226. The molecule has 0 aromatic carbocycles. The fraction of sp³-hybridized carbons (Fsp3) is 0.667. The minimum atomic E-state index is -0.0226. The number of hydrogen-bond donors (Lipinski definition) is 0. The molecule has 0 atom stereocenters. The topological polar surface area (TPSA) is 39.7 Å². The van der Waals surface area contributed by atoms with Gasteiger partial charge in [0.25, 0.3) is 0 Å². The molecule has 2 amide bonds. The minimum Gasteiger partial charge on any atom is -0.330 e. The van der Waals surface area contributed by atoms with Crippen LogP contribution in [0.2, 0.25) is 0 Å². The lowest BCUT2D eigenvalue weighted by Gasteiger charge is -2.25. The summed E-state index contributed by atoms with van der Waals surface area (Å²) in [5.74, 6) is 0. The largest absolute Gasteiger partial charge is 0.330 e. The second-order valence-electron chi connectivity index (χ2n) is 4.77. The van der Waals surface area contributed by atoms with Crippen molar-refractivity contribution in [2.24, 2.45) is 0 Å². The molecule has 1 aromatic rings. The molecule has 0 spiro atoms. The number of thiazole rings is 1. The number of likely N-dealkylation sites (N-methyl/N-ethyl adjacent to an activating group) is 1. The lowest BCUT2D eigenvalue weighted by atomic mass is 10.4. The van der Waals surface area contributed by atoms with Crippen LogP contribution in [0.15, 0.2) is 0 Å². The molecule has 6 heteroatoms. The van der Waals surface area contributed by atoms with Gasteiger partial charge in [0.2, 0.25) is 0 Å². The quantitative estimate of drug-likeness (QED) is 0.837. The van der Waals surface area contributed by atoms with Crippen molar-refractivity contribution >= 4 is 22.5 Å². The number of rotatable bonds is 4. The molecule has 0 N–H and O–H groups in total. The van der Waals surface area contributed by atoms with E-state index in [0.717, 1.165) is 22.2 Å². The monoisotopic (exact) mass is 270 g/mol. The molecule has 0 aliphatic heterocycles. The molecular weight excluding hydrogens is 248 g/mol. The van der Waals surface area contributed by atoms with Crippen molar-refractivity contribution < 1.29 is 4.79 Å². The van der Waals surface area contributed by atoms with Crippen LogP contribution in [-0.4, -0.2) is 62.1 Å². The Bertz CT molecular complexity index is 395. The van der Waals surface area contributed by atoms with Gasteiger partial charge in [-0.3, -0.25) is 4.90 Å². The molecule has 0 unspecified atom stereocenters. The number of carbonyl (C=O) groups is 1. The van der Waals surface area contributed by atoms with Gasteiger partial charge in [0, 0.05) is 32.1 Å². The summed E-state index contributed by atoms with van der Waals surface area (Å²) in [5.41, 5.74) is 0.997. The van der Waals surface area contributed by atoms with E-state index in [0.29, 0.717) is 6.54 Å². The number of amides is 2. The summed E-state index contributed by atoms with van der Waals surface area (Å²) >= 11 is 1.57. The number of urea groups is 1. The van der Waals surface area contributed by atoms with E-state index in [1.54, 1.807) is 35.2 Å². The predicted octanol–water partition coefficient (Wildman–Crippen LogP) is 1.81. The Morgan fingerprint density at radius 3 is 2.17 bits per heavy atom. The summed E-state index contributed by atoms with van der Waals surface area (Å²) in [6, 6.07) is -0.0226. The highest BCUT2D eigenvalue weighted by Gasteiger charge is 2.21. The lowest BCUT2D eigenvalue weighted by Crippen LogP contribution is -2.42. The van der Waals surface area contributed by atoms with Crippen LogP contribution in [0.25, 0.3) is 0 Å². The third-order valence-electron chi connectivity index (χ3n) is 2.63. The van der Waals surface area contributed by atoms with Crippen molar-refractivity contribution in [1.82, 2.24) is 14.8 Å². The Hall–Kier alpha value is -1.14. The Balaban J connectivity index is 2.92. The van der Waals surface area contributed by atoms with Gasteiger partial charge in [0.05, 0.1) is 5.69 Å². The highest BCUT2D eigenvalue weighted by molar-refractivity contribution is 7.15. The summed E-state index contributed by atoms with van der Waals surface area (Å²) in [6.07, 6.45) is 0. The van der Waals surface area contributed by atoms with E-state index < -0.39 is 0 Å². The Morgan fingerprint density at radius 1 is 1.17 bits per heavy atom. The van der Waals surface area contributed by atoms with Gasteiger partial charge in [-0.05, 0) is 27.9 Å². The van der Waals surface area contributed by atoms with Crippen LogP contribution in [0.5, 0.6) is 0 Å². The van der Waals surface area contributed by atoms with E-state index in [1.165, 1.54) is 0 Å². The molecule has 0 saturated carbocycles. The number of aromatic nitrogens is 1. The zero-order valence-corrected chi connectivity index (χ0v) is 12.8. The van der Waals surface area contributed by atoms with Gasteiger partial charge in [0.15, 0.2) is 5.13 Å². The maximum absolute atomic E-state index is 12.2. The fourth-order valence-corrected chi connectivity index (χ4v) is 2.32. The second-order valence-corrected chi connectivity index (χ2v) is 5.95. The maximum atomic E-state index is 12.2. The van der Waals surface area contributed by atoms with E-state index in [9.17, 15) is 4.79 Å². The van der Waals surface area contributed by atoms with E-state index in [1.807, 2.05) is 27.9 Å². The summed E-state index contributed by atoms with van der Waals surface area (Å²) in [6.45, 7) is 5.47. The molecule has 1 aromatic heterocycles. The van der Waals surface area contributed by atoms with Crippen LogP contribution in [-0.2, 0) is 0 Å². The third kappa shape index (κ3) is 3.68. The van der Waals surface area contributed by atoms with Crippen LogP contribution in [0.4, 0.5) is 9.93 Å². The van der Waals surface area contributed by atoms with Crippen LogP contribution >= 0.6 is 11.3 Å². The first kappa shape index (κ1) is 14.9. The van der Waals surface area contributed by atoms with Gasteiger partial charge >= 0.3 is 6.03 Å². The van der Waals surface area contributed by atoms with Gasteiger partial charge in [-0.15, -0.1) is 11.3 Å². The predicted molar refractivity (Wildman–Crippen MR) is 76.6 cm³/mol. The van der Waals surface area contributed by atoms with Crippen LogP contribution in [0.1, 0.15) is 10.6 Å². The standard InChI is InChI=1S/C12H22N4OS/c1-9-10(2)18-11(13-9)16(8-7-14(3)4)12(17)15(5)6/h7-8H2,1-6H3. The smallest absolute Gasteiger partial charge is 0.325 e. The van der Waals surface area contributed by atoms with Gasteiger partial charge in [0.1, 0.15) is 0 Å². The molecule has 5 nitrogen and oxygen atoms in total. The fourth-order valence-electron chi connectivity index (χ4n) is 1.39. The van der Waals surface area contributed by atoms with Crippen molar-refractivity contribution in [1.29, 1.82) is 0 Å². The van der Waals surface area contributed by atoms with Gasteiger partial charge in [-0.1, -0.05) is 0 Å². The zero-order chi connectivity index (χ0) is 13.9. The lowest BCUT2D eigenvalue weighted by molar-refractivity contribution is 0.223. The highest BCUT2D eigenvalue weighted by Crippen LogP contribution is 2.25. The molecule has 0 radical (unpaired) electrons.